The lowest BCUT2D eigenvalue weighted by molar-refractivity contribution is -0.137. The molecule has 1 aromatic rings. The second-order valence-corrected chi connectivity index (χ2v) is 6.76. The van der Waals surface area contributed by atoms with Crippen LogP contribution in [0.1, 0.15) is 30.0 Å². The van der Waals surface area contributed by atoms with Gasteiger partial charge in [0.25, 0.3) is 0 Å². The van der Waals surface area contributed by atoms with Crippen LogP contribution in [-0.4, -0.2) is 20.4 Å². The summed E-state index contributed by atoms with van der Waals surface area (Å²) in [5, 5.41) is 0. The Balaban J connectivity index is 2.61. The third kappa shape index (κ3) is 5.61. The molecule has 1 aromatic carbocycles. The fourth-order valence-electron chi connectivity index (χ4n) is 1.65. The van der Waals surface area contributed by atoms with Crippen LogP contribution in [0.25, 0.3) is 0 Å². The van der Waals surface area contributed by atoms with E-state index in [1.807, 2.05) is 0 Å². The highest BCUT2D eigenvalue weighted by atomic mass is 32.2. The van der Waals surface area contributed by atoms with Crippen molar-refractivity contribution in [1.82, 2.24) is 0 Å². The topological polar surface area (TPSA) is 60.2 Å². The van der Waals surface area contributed by atoms with Crippen LogP contribution in [-0.2, 0) is 16.0 Å². The van der Waals surface area contributed by atoms with Crippen LogP contribution in [0, 0.1) is 0 Å². The SMILES string of the molecule is CS(=O)(=O)CCCC(N)c1ccc(C(F)(F)F)cc1. The molecule has 0 fully saturated rings. The van der Waals surface area contributed by atoms with Gasteiger partial charge < -0.3 is 5.73 Å². The Bertz CT molecular complexity index is 509. The molecule has 0 heterocycles. The monoisotopic (exact) mass is 295 g/mol. The van der Waals surface area contributed by atoms with Crippen molar-refractivity contribution in [2.75, 3.05) is 12.0 Å². The van der Waals surface area contributed by atoms with Crippen molar-refractivity contribution in [3.05, 3.63) is 35.4 Å². The zero-order valence-corrected chi connectivity index (χ0v) is 11.3. The first-order valence-corrected chi connectivity index (χ1v) is 7.76. The van der Waals surface area contributed by atoms with Crippen molar-refractivity contribution in [2.45, 2.75) is 25.1 Å². The van der Waals surface area contributed by atoms with Crippen molar-refractivity contribution in [1.29, 1.82) is 0 Å². The standard InChI is InChI=1S/C12H16F3NO2S/c1-19(17,18)8-2-3-11(16)9-4-6-10(7-5-9)12(13,14)15/h4-7,11H,2-3,8,16H2,1H3. The molecule has 0 aliphatic carbocycles. The van der Waals surface area contributed by atoms with Crippen LogP contribution in [0.4, 0.5) is 13.2 Å². The van der Waals surface area contributed by atoms with E-state index in [4.69, 9.17) is 5.73 Å². The third-order valence-corrected chi connectivity index (χ3v) is 3.73. The fraction of sp³-hybridized carbons (Fsp3) is 0.500. The van der Waals surface area contributed by atoms with Crippen LogP contribution in [0.2, 0.25) is 0 Å². The third-order valence-electron chi connectivity index (χ3n) is 2.70. The molecule has 0 radical (unpaired) electrons. The van der Waals surface area contributed by atoms with E-state index in [-0.39, 0.29) is 5.75 Å². The van der Waals surface area contributed by atoms with E-state index in [0.717, 1.165) is 18.4 Å². The molecule has 0 bridgehead atoms. The highest BCUT2D eigenvalue weighted by Gasteiger charge is 2.30. The van der Waals surface area contributed by atoms with Gasteiger partial charge in [0.2, 0.25) is 0 Å². The van der Waals surface area contributed by atoms with Crippen molar-refractivity contribution in [3.63, 3.8) is 0 Å². The van der Waals surface area contributed by atoms with Crippen LogP contribution in [0.15, 0.2) is 24.3 Å². The van der Waals surface area contributed by atoms with Gasteiger partial charge >= 0.3 is 6.18 Å². The number of sulfone groups is 1. The number of alkyl halides is 3. The number of nitrogens with two attached hydrogens (primary N) is 1. The summed E-state index contributed by atoms with van der Waals surface area (Å²) in [6.45, 7) is 0. The summed E-state index contributed by atoms with van der Waals surface area (Å²) in [4.78, 5) is 0. The first-order valence-electron chi connectivity index (χ1n) is 5.70. The predicted molar refractivity (Wildman–Crippen MR) is 67.3 cm³/mol. The molecule has 2 N–H and O–H groups in total. The molecule has 0 aromatic heterocycles. The molecule has 1 rings (SSSR count). The minimum atomic E-state index is -4.36. The van der Waals surface area contributed by atoms with Crippen molar-refractivity contribution >= 4 is 9.84 Å². The van der Waals surface area contributed by atoms with Gasteiger partial charge in [-0.25, -0.2) is 8.42 Å². The van der Waals surface area contributed by atoms with Crippen LogP contribution in [0.5, 0.6) is 0 Å². The summed E-state index contributed by atoms with van der Waals surface area (Å²) in [6, 6.07) is 4.16. The summed E-state index contributed by atoms with van der Waals surface area (Å²) < 4.78 is 58.9. The minimum Gasteiger partial charge on any atom is -0.324 e. The van der Waals surface area contributed by atoms with Gasteiger partial charge in [0.15, 0.2) is 0 Å². The molecule has 3 nitrogen and oxygen atoms in total. The molecule has 0 spiro atoms. The van der Waals surface area contributed by atoms with Crippen LogP contribution < -0.4 is 5.73 Å². The first kappa shape index (κ1) is 16.0. The average molecular weight is 295 g/mol. The second-order valence-electron chi connectivity index (χ2n) is 4.50. The van der Waals surface area contributed by atoms with E-state index in [1.54, 1.807) is 0 Å². The van der Waals surface area contributed by atoms with Gasteiger partial charge in [-0.2, -0.15) is 13.2 Å². The number of rotatable bonds is 5. The van der Waals surface area contributed by atoms with E-state index in [0.29, 0.717) is 18.4 Å². The van der Waals surface area contributed by atoms with Gasteiger partial charge in [0.05, 0.1) is 5.56 Å². The molecule has 1 unspecified atom stereocenters. The Morgan fingerprint density at radius 1 is 1.21 bits per heavy atom. The van der Waals surface area contributed by atoms with Crippen molar-refractivity contribution < 1.29 is 21.6 Å². The highest BCUT2D eigenvalue weighted by molar-refractivity contribution is 7.90. The molecule has 0 amide bonds. The smallest absolute Gasteiger partial charge is 0.324 e. The van der Waals surface area contributed by atoms with Crippen molar-refractivity contribution in [3.8, 4) is 0 Å². The lowest BCUT2D eigenvalue weighted by Gasteiger charge is -2.13. The second kappa shape index (κ2) is 5.92. The molecule has 0 saturated carbocycles. The number of halogens is 3. The molecule has 0 aliphatic heterocycles. The van der Waals surface area contributed by atoms with E-state index >= 15 is 0 Å². The summed E-state index contributed by atoms with van der Waals surface area (Å²) >= 11 is 0. The lowest BCUT2D eigenvalue weighted by atomic mass is 10.0. The molecular weight excluding hydrogens is 279 g/mol. The van der Waals surface area contributed by atoms with E-state index in [2.05, 4.69) is 0 Å². The first-order chi connectivity index (χ1) is 8.59. The van der Waals surface area contributed by atoms with Gasteiger partial charge in [-0.1, -0.05) is 12.1 Å². The van der Waals surface area contributed by atoms with E-state index < -0.39 is 27.6 Å². The zero-order chi connectivity index (χ0) is 14.7. The Kier molecular flexibility index (Phi) is 4.98. The molecule has 1 atom stereocenters. The van der Waals surface area contributed by atoms with Crippen LogP contribution >= 0.6 is 0 Å². The Labute approximate surface area is 110 Å². The normalized spacial score (nSPS) is 14.4. The summed E-state index contributed by atoms with van der Waals surface area (Å²) in [5.74, 6) is 0.0291. The highest BCUT2D eigenvalue weighted by Crippen LogP contribution is 2.30. The van der Waals surface area contributed by atoms with Gasteiger partial charge in [-0.15, -0.1) is 0 Å². The summed E-state index contributed by atoms with van der Waals surface area (Å²) in [7, 11) is -3.03. The van der Waals surface area contributed by atoms with E-state index in [9.17, 15) is 21.6 Å². The average Bonchev–Trinajstić information content (AvgIpc) is 2.26. The quantitative estimate of drug-likeness (QED) is 0.908. The number of benzene rings is 1. The maximum atomic E-state index is 12.4. The van der Waals surface area contributed by atoms with Gasteiger partial charge in [0.1, 0.15) is 9.84 Å². The zero-order valence-electron chi connectivity index (χ0n) is 10.4. The fourth-order valence-corrected chi connectivity index (χ4v) is 2.34. The number of hydrogen-bond acceptors (Lipinski definition) is 3. The summed E-state index contributed by atoms with van der Waals surface area (Å²) in [6.07, 6.45) is -2.42. The number of hydrogen-bond donors (Lipinski definition) is 1. The van der Waals surface area contributed by atoms with Gasteiger partial charge in [-0.3, -0.25) is 0 Å². The maximum absolute atomic E-state index is 12.4. The van der Waals surface area contributed by atoms with Crippen LogP contribution in [0.3, 0.4) is 0 Å². The van der Waals surface area contributed by atoms with Gasteiger partial charge in [-0.05, 0) is 30.5 Å². The molecule has 108 valence electrons. The minimum absolute atomic E-state index is 0.0291. The Morgan fingerprint density at radius 2 is 1.74 bits per heavy atom. The van der Waals surface area contributed by atoms with E-state index in [1.165, 1.54) is 12.1 Å². The molecular formula is C12H16F3NO2S. The van der Waals surface area contributed by atoms with Crippen molar-refractivity contribution in [2.24, 2.45) is 5.73 Å². The summed E-state index contributed by atoms with van der Waals surface area (Å²) in [5.41, 5.74) is 5.66. The maximum Gasteiger partial charge on any atom is 0.416 e. The lowest BCUT2D eigenvalue weighted by Crippen LogP contribution is -2.13. The Morgan fingerprint density at radius 3 is 2.16 bits per heavy atom. The molecule has 19 heavy (non-hydrogen) atoms. The molecule has 0 aliphatic rings. The Hall–Kier alpha value is -1.08. The largest absolute Gasteiger partial charge is 0.416 e. The molecule has 7 heteroatoms. The predicted octanol–water partition coefficient (Wildman–Crippen LogP) is 2.53. The molecule has 0 saturated heterocycles. The van der Waals surface area contributed by atoms with Gasteiger partial charge in [0, 0.05) is 18.1 Å².